The molecule has 0 spiro atoms. The van der Waals surface area contributed by atoms with Crippen LogP contribution in [0.5, 0.6) is 23.0 Å². The van der Waals surface area contributed by atoms with Crippen LogP contribution in [0.15, 0.2) is 72.8 Å². The molecular formula is C44H62O5Si2. The Kier molecular flexibility index (Phi) is 16.7. The maximum Gasteiger partial charge on any atom is 0.229 e. The first-order chi connectivity index (χ1) is 24.9. The van der Waals surface area contributed by atoms with E-state index in [9.17, 15) is 0 Å². The molecular weight excluding hydrogens is 665 g/mol. The number of rotatable bonds is 22. The van der Waals surface area contributed by atoms with Crippen molar-refractivity contribution in [2.24, 2.45) is 0 Å². The van der Waals surface area contributed by atoms with E-state index in [1.165, 1.54) is 20.7 Å². The van der Waals surface area contributed by atoms with Gasteiger partial charge in [-0.2, -0.15) is 0 Å². The maximum absolute atomic E-state index is 7.90. The average molecular weight is 727 g/mol. The van der Waals surface area contributed by atoms with E-state index >= 15 is 0 Å². The van der Waals surface area contributed by atoms with Gasteiger partial charge in [0.15, 0.2) is 0 Å². The molecule has 0 N–H and O–H groups in total. The Labute approximate surface area is 312 Å². The highest BCUT2D eigenvalue weighted by Crippen LogP contribution is 2.23. The van der Waals surface area contributed by atoms with Crippen molar-refractivity contribution in [3.63, 3.8) is 0 Å². The van der Waals surface area contributed by atoms with E-state index in [1.54, 1.807) is 0 Å². The molecule has 4 aromatic rings. The van der Waals surface area contributed by atoms with Crippen molar-refractivity contribution in [3.05, 3.63) is 95.1 Å². The number of benzene rings is 4. The fourth-order valence-electron chi connectivity index (χ4n) is 6.36. The summed E-state index contributed by atoms with van der Waals surface area (Å²) in [7, 11) is -4.74. The Morgan fingerprint density at radius 3 is 0.824 bits per heavy atom. The molecule has 5 nitrogen and oxygen atoms in total. The van der Waals surface area contributed by atoms with E-state index in [1.807, 2.05) is 0 Å². The standard InChI is InChI=1S/C44H62O5Si2/c1-9-13-29-45-37-21-17-25-41(33(37)5)50(42-26-18-22-38(34(42)6)46-30-14-10-2)49-51(43-27-19-23-39(35(43)7)47-31-15-11-3)44-28-20-24-40(36(44)8)48-32-16-12-4/h17-28,50-51H,9-16,29-32H2,1-8H3. The van der Waals surface area contributed by atoms with Crippen molar-refractivity contribution in [2.75, 3.05) is 26.4 Å². The van der Waals surface area contributed by atoms with Crippen molar-refractivity contribution < 1.29 is 23.1 Å². The predicted molar refractivity (Wildman–Crippen MR) is 220 cm³/mol. The van der Waals surface area contributed by atoms with Gasteiger partial charge in [0, 0.05) is 0 Å². The Hall–Kier alpha value is -3.53. The van der Waals surface area contributed by atoms with Crippen molar-refractivity contribution in [2.45, 2.75) is 107 Å². The van der Waals surface area contributed by atoms with Crippen LogP contribution in [0.2, 0.25) is 0 Å². The number of hydrogen-bond acceptors (Lipinski definition) is 5. The number of ether oxygens (including phenoxy) is 4. The topological polar surface area (TPSA) is 46.2 Å². The molecule has 0 saturated heterocycles. The second kappa shape index (κ2) is 21.1. The lowest BCUT2D eigenvalue weighted by molar-refractivity contribution is 0.307. The van der Waals surface area contributed by atoms with Crippen LogP contribution in [0.3, 0.4) is 0 Å². The Bertz CT molecular complexity index is 1420. The van der Waals surface area contributed by atoms with Gasteiger partial charge in [-0.15, -0.1) is 0 Å². The minimum Gasteiger partial charge on any atom is -0.493 e. The van der Waals surface area contributed by atoms with Crippen LogP contribution in [0.1, 0.15) is 101 Å². The molecule has 51 heavy (non-hydrogen) atoms. The summed E-state index contributed by atoms with van der Waals surface area (Å²) in [4.78, 5) is 0. The van der Waals surface area contributed by atoms with Gasteiger partial charge >= 0.3 is 0 Å². The fourth-order valence-corrected chi connectivity index (χ4v) is 13.7. The van der Waals surface area contributed by atoms with Gasteiger partial charge < -0.3 is 23.1 Å². The van der Waals surface area contributed by atoms with Gasteiger partial charge in [0.25, 0.3) is 0 Å². The van der Waals surface area contributed by atoms with E-state index < -0.39 is 18.1 Å². The summed E-state index contributed by atoms with van der Waals surface area (Å²) in [5, 5.41) is 4.99. The summed E-state index contributed by atoms with van der Waals surface area (Å²) in [6, 6.07) is 26.0. The van der Waals surface area contributed by atoms with Gasteiger partial charge in [-0.25, -0.2) is 0 Å². The third-order valence-corrected chi connectivity index (χ3v) is 16.7. The highest BCUT2D eigenvalue weighted by molar-refractivity contribution is 6.92. The molecule has 0 saturated carbocycles. The van der Waals surface area contributed by atoms with Gasteiger partial charge in [-0.3, -0.25) is 0 Å². The van der Waals surface area contributed by atoms with Crippen molar-refractivity contribution in [3.8, 4) is 23.0 Å². The second-order valence-electron chi connectivity index (χ2n) is 13.6. The van der Waals surface area contributed by atoms with Crippen LogP contribution in [-0.2, 0) is 4.12 Å². The lowest BCUT2D eigenvalue weighted by atomic mass is 10.2. The minimum atomic E-state index is -2.37. The smallest absolute Gasteiger partial charge is 0.229 e. The molecule has 0 bridgehead atoms. The van der Waals surface area contributed by atoms with Crippen LogP contribution in [-0.4, -0.2) is 44.5 Å². The van der Waals surface area contributed by atoms with Gasteiger partial charge in [-0.05, 0) is 121 Å². The summed E-state index contributed by atoms with van der Waals surface area (Å²) < 4.78 is 33.4. The van der Waals surface area contributed by atoms with E-state index in [0.29, 0.717) is 26.4 Å². The van der Waals surface area contributed by atoms with E-state index in [0.717, 1.165) is 96.6 Å². The molecule has 0 atom stereocenters. The van der Waals surface area contributed by atoms with E-state index in [-0.39, 0.29) is 0 Å². The first-order valence-corrected chi connectivity index (χ1v) is 22.7. The van der Waals surface area contributed by atoms with Gasteiger partial charge in [0.1, 0.15) is 23.0 Å². The molecule has 0 unspecified atom stereocenters. The van der Waals surface area contributed by atoms with Crippen LogP contribution in [0.4, 0.5) is 0 Å². The zero-order valence-corrected chi connectivity index (χ0v) is 34.9. The molecule has 4 aromatic carbocycles. The number of unbranched alkanes of at least 4 members (excludes halogenated alkanes) is 4. The molecule has 0 aromatic heterocycles. The highest BCUT2D eigenvalue weighted by Gasteiger charge is 2.32. The first kappa shape index (κ1) is 40.2. The summed E-state index contributed by atoms with van der Waals surface area (Å²) in [6.07, 6.45) is 8.48. The molecule has 276 valence electrons. The first-order valence-electron chi connectivity index (χ1n) is 19.4. The molecule has 0 aliphatic carbocycles. The SMILES string of the molecule is CCCCOc1cccc([SiH](O[SiH](c2cccc(OCCCC)c2C)c2cccc(OCCCC)c2C)c2cccc(OCCCC)c2C)c1C. The largest absolute Gasteiger partial charge is 0.493 e. The maximum atomic E-state index is 7.90. The van der Waals surface area contributed by atoms with Crippen molar-refractivity contribution in [1.82, 2.24) is 0 Å². The predicted octanol–water partition coefficient (Wildman–Crippen LogP) is 8.03. The average Bonchev–Trinajstić information content (AvgIpc) is 3.13. The van der Waals surface area contributed by atoms with Crippen LogP contribution in [0.25, 0.3) is 0 Å². The Morgan fingerprint density at radius 1 is 0.373 bits per heavy atom. The van der Waals surface area contributed by atoms with E-state index in [2.05, 4.69) is 128 Å². The zero-order chi connectivity index (χ0) is 36.6. The summed E-state index contributed by atoms with van der Waals surface area (Å²) in [5.41, 5.74) is 4.65. The molecule has 0 aliphatic rings. The zero-order valence-electron chi connectivity index (χ0n) is 32.6. The van der Waals surface area contributed by atoms with Crippen molar-refractivity contribution in [1.29, 1.82) is 0 Å². The monoisotopic (exact) mass is 726 g/mol. The van der Waals surface area contributed by atoms with Gasteiger partial charge in [-0.1, -0.05) is 102 Å². The molecule has 0 amide bonds. The second-order valence-corrected chi connectivity index (χ2v) is 18.7. The van der Waals surface area contributed by atoms with Crippen LogP contribution < -0.4 is 39.7 Å². The highest BCUT2D eigenvalue weighted by atomic mass is 28.4. The molecule has 0 radical (unpaired) electrons. The number of hydrogen-bond donors (Lipinski definition) is 0. The van der Waals surface area contributed by atoms with E-state index in [4.69, 9.17) is 23.1 Å². The fraction of sp³-hybridized carbons (Fsp3) is 0.455. The molecule has 4 rings (SSSR count). The lowest BCUT2D eigenvalue weighted by Crippen LogP contribution is -2.58. The summed E-state index contributed by atoms with van der Waals surface area (Å²) >= 11 is 0. The van der Waals surface area contributed by atoms with Gasteiger partial charge in [0.05, 0.1) is 26.4 Å². The Morgan fingerprint density at radius 2 is 0.608 bits per heavy atom. The molecule has 7 heteroatoms. The third kappa shape index (κ3) is 10.7. The Balaban J connectivity index is 1.93. The molecule has 0 aliphatic heterocycles. The molecule has 0 fully saturated rings. The normalized spacial score (nSPS) is 11.3. The van der Waals surface area contributed by atoms with Crippen molar-refractivity contribution >= 4 is 38.8 Å². The summed E-state index contributed by atoms with van der Waals surface area (Å²) in [5.74, 6) is 3.77. The molecule has 0 heterocycles. The quantitative estimate of drug-likeness (QED) is 0.0607. The van der Waals surface area contributed by atoms with Crippen LogP contribution in [0, 0.1) is 27.7 Å². The minimum absolute atomic E-state index is 0.707. The van der Waals surface area contributed by atoms with Gasteiger partial charge in [0.2, 0.25) is 18.1 Å². The third-order valence-electron chi connectivity index (χ3n) is 9.73. The lowest BCUT2D eigenvalue weighted by Gasteiger charge is -2.30. The summed E-state index contributed by atoms with van der Waals surface area (Å²) in [6.45, 7) is 20.4. The van der Waals surface area contributed by atoms with Crippen LogP contribution >= 0.6 is 0 Å².